The molecule has 0 atom stereocenters. The lowest BCUT2D eigenvalue weighted by atomic mass is 10.1. The standard InChI is InChI=1S/C9H15N3O2S/c10-9-11-6-8(15(9,13)14)7-12-4-2-1-3-5-12/h6H,1-5,7H2,(H2,10,11). The van der Waals surface area contributed by atoms with E-state index in [1.54, 1.807) is 0 Å². The van der Waals surface area contributed by atoms with Gasteiger partial charge >= 0.3 is 0 Å². The Hall–Kier alpha value is -0.880. The normalized spacial score (nSPS) is 26.1. The number of nitrogens with zero attached hydrogens (tertiary/aromatic N) is 2. The number of amidine groups is 1. The molecule has 2 heterocycles. The van der Waals surface area contributed by atoms with E-state index in [4.69, 9.17) is 5.73 Å². The summed E-state index contributed by atoms with van der Waals surface area (Å²) in [7, 11) is -3.42. The fourth-order valence-corrected chi connectivity index (χ4v) is 2.88. The van der Waals surface area contributed by atoms with Gasteiger partial charge in [-0.15, -0.1) is 0 Å². The van der Waals surface area contributed by atoms with Gasteiger partial charge in [-0.1, -0.05) is 6.42 Å². The molecule has 0 bridgehead atoms. The fourth-order valence-electron chi connectivity index (χ4n) is 1.87. The first kappa shape index (κ1) is 10.6. The number of aliphatic imine (C=N–C) groups is 1. The van der Waals surface area contributed by atoms with Crippen molar-refractivity contribution in [1.29, 1.82) is 0 Å². The van der Waals surface area contributed by atoms with Gasteiger partial charge in [-0.25, -0.2) is 13.4 Å². The number of rotatable bonds is 2. The minimum Gasteiger partial charge on any atom is -0.374 e. The number of hydrogen-bond donors (Lipinski definition) is 1. The summed E-state index contributed by atoms with van der Waals surface area (Å²) in [5.41, 5.74) is 5.30. The zero-order valence-electron chi connectivity index (χ0n) is 8.52. The molecule has 2 rings (SSSR count). The second kappa shape index (κ2) is 3.94. The molecule has 1 fully saturated rings. The molecule has 2 aliphatic rings. The Morgan fingerprint density at radius 2 is 2.00 bits per heavy atom. The number of hydrogen-bond acceptors (Lipinski definition) is 5. The van der Waals surface area contributed by atoms with Crippen LogP contribution in [0, 0.1) is 0 Å². The predicted molar refractivity (Wildman–Crippen MR) is 58.9 cm³/mol. The third-order valence-corrected chi connectivity index (χ3v) is 4.37. The fraction of sp³-hybridized carbons (Fsp3) is 0.667. The SMILES string of the molecule is NC1=NC=C(CN2CCCCC2)S1(=O)=O. The molecule has 1 saturated heterocycles. The molecule has 0 aromatic heterocycles. The van der Waals surface area contributed by atoms with Crippen molar-refractivity contribution in [2.75, 3.05) is 19.6 Å². The van der Waals surface area contributed by atoms with Crippen molar-refractivity contribution in [2.24, 2.45) is 10.7 Å². The Kier molecular flexibility index (Phi) is 2.79. The van der Waals surface area contributed by atoms with Gasteiger partial charge in [-0.05, 0) is 25.9 Å². The molecule has 0 unspecified atom stereocenters. The van der Waals surface area contributed by atoms with E-state index in [0.717, 1.165) is 25.9 Å². The third-order valence-electron chi connectivity index (χ3n) is 2.78. The summed E-state index contributed by atoms with van der Waals surface area (Å²) in [5, 5.41) is -0.269. The number of piperidine rings is 1. The average Bonchev–Trinajstić information content (AvgIpc) is 2.47. The molecule has 5 nitrogen and oxygen atoms in total. The first-order valence-electron chi connectivity index (χ1n) is 5.10. The van der Waals surface area contributed by atoms with Crippen LogP contribution in [0.5, 0.6) is 0 Å². The zero-order chi connectivity index (χ0) is 10.9. The van der Waals surface area contributed by atoms with Gasteiger partial charge in [0.2, 0.25) is 15.0 Å². The maximum absolute atomic E-state index is 11.6. The van der Waals surface area contributed by atoms with Crippen LogP contribution in [0.25, 0.3) is 0 Å². The van der Waals surface area contributed by atoms with Crippen LogP contribution < -0.4 is 5.73 Å². The minimum absolute atomic E-state index is 0.269. The highest BCUT2D eigenvalue weighted by molar-refractivity contribution is 8.09. The second-order valence-electron chi connectivity index (χ2n) is 3.90. The Balaban J connectivity index is 2.02. The van der Waals surface area contributed by atoms with Crippen molar-refractivity contribution >= 4 is 15.0 Å². The molecular formula is C9H15N3O2S. The first-order chi connectivity index (χ1) is 7.10. The molecule has 0 spiro atoms. The quantitative estimate of drug-likeness (QED) is 0.726. The summed E-state index contributed by atoms with van der Waals surface area (Å²) in [6.07, 6.45) is 4.90. The molecule has 2 N–H and O–H groups in total. The lowest BCUT2D eigenvalue weighted by molar-refractivity contribution is 0.249. The van der Waals surface area contributed by atoms with Crippen molar-refractivity contribution < 1.29 is 8.42 Å². The van der Waals surface area contributed by atoms with E-state index in [0.29, 0.717) is 11.4 Å². The van der Waals surface area contributed by atoms with Gasteiger partial charge in [-0.3, -0.25) is 4.90 Å². The molecule has 0 aromatic carbocycles. The van der Waals surface area contributed by atoms with Crippen LogP contribution >= 0.6 is 0 Å². The number of nitrogens with two attached hydrogens (primary N) is 1. The zero-order valence-corrected chi connectivity index (χ0v) is 9.33. The lowest BCUT2D eigenvalue weighted by Gasteiger charge is -2.26. The highest BCUT2D eigenvalue weighted by Crippen LogP contribution is 2.18. The van der Waals surface area contributed by atoms with Crippen molar-refractivity contribution in [2.45, 2.75) is 19.3 Å². The van der Waals surface area contributed by atoms with Crippen LogP contribution in [0.15, 0.2) is 16.1 Å². The monoisotopic (exact) mass is 229 g/mol. The topological polar surface area (TPSA) is 75.8 Å². The van der Waals surface area contributed by atoms with Crippen molar-refractivity contribution in [3.05, 3.63) is 11.1 Å². The Morgan fingerprint density at radius 3 is 2.53 bits per heavy atom. The van der Waals surface area contributed by atoms with Gasteiger partial charge in [0.05, 0.1) is 4.91 Å². The highest BCUT2D eigenvalue weighted by Gasteiger charge is 2.28. The molecule has 84 valence electrons. The van der Waals surface area contributed by atoms with Crippen LogP contribution in [-0.2, 0) is 9.84 Å². The van der Waals surface area contributed by atoms with Crippen LogP contribution in [0.4, 0.5) is 0 Å². The Morgan fingerprint density at radius 1 is 1.33 bits per heavy atom. The van der Waals surface area contributed by atoms with Gasteiger partial charge in [0.15, 0.2) is 0 Å². The van der Waals surface area contributed by atoms with Gasteiger partial charge in [0.1, 0.15) is 0 Å². The van der Waals surface area contributed by atoms with E-state index in [1.807, 2.05) is 0 Å². The summed E-state index contributed by atoms with van der Waals surface area (Å²) in [4.78, 5) is 6.13. The van der Waals surface area contributed by atoms with Crippen molar-refractivity contribution in [3.63, 3.8) is 0 Å². The summed E-state index contributed by atoms with van der Waals surface area (Å²) < 4.78 is 23.2. The van der Waals surface area contributed by atoms with E-state index in [-0.39, 0.29) is 5.17 Å². The Labute approximate surface area is 89.6 Å². The number of likely N-dealkylation sites (tertiary alicyclic amines) is 1. The molecule has 6 heteroatoms. The second-order valence-corrected chi connectivity index (χ2v) is 5.85. The van der Waals surface area contributed by atoms with Gasteiger partial charge in [-0.2, -0.15) is 0 Å². The summed E-state index contributed by atoms with van der Waals surface area (Å²) in [6.45, 7) is 2.38. The summed E-state index contributed by atoms with van der Waals surface area (Å²) in [5.74, 6) is 0. The summed E-state index contributed by atoms with van der Waals surface area (Å²) >= 11 is 0. The van der Waals surface area contributed by atoms with E-state index in [1.165, 1.54) is 12.6 Å². The molecule has 0 saturated carbocycles. The van der Waals surface area contributed by atoms with Crippen molar-refractivity contribution in [1.82, 2.24) is 4.90 Å². The molecule has 0 amide bonds. The third kappa shape index (κ3) is 2.05. The van der Waals surface area contributed by atoms with Crippen LogP contribution in [-0.4, -0.2) is 38.1 Å². The average molecular weight is 229 g/mol. The van der Waals surface area contributed by atoms with E-state index >= 15 is 0 Å². The molecular weight excluding hydrogens is 214 g/mol. The lowest BCUT2D eigenvalue weighted by Crippen LogP contribution is -2.34. The van der Waals surface area contributed by atoms with E-state index in [9.17, 15) is 8.42 Å². The molecule has 0 aliphatic carbocycles. The van der Waals surface area contributed by atoms with Crippen LogP contribution in [0.2, 0.25) is 0 Å². The molecule has 15 heavy (non-hydrogen) atoms. The molecule has 0 radical (unpaired) electrons. The smallest absolute Gasteiger partial charge is 0.238 e. The van der Waals surface area contributed by atoms with E-state index in [2.05, 4.69) is 9.89 Å². The largest absolute Gasteiger partial charge is 0.374 e. The Bertz CT molecular complexity index is 405. The van der Waals surface area contributed by atoms with Crippen LogP contribution in [0.3, 0.4) is 0 Å². The van der Waals surface area contributed by atoms with Gasteiger partial charge in [0, 0.05) is 12.7 Å². The van der Waals surface area contributed by atoms with Gasteiger partial charge < -0.3 is 5.73 Å². The first-order valence-corrected chi connectivity index (χ1v) is 6.59. The van der Waals surface area contributed by atoms with Crippen molar-refractivity contribution in [3.8, 4) is 0 Å². The summed E-state index contributed by atoms with van der Waals surface area (Å²) in [6, 6.07) is 0. The predicted octanol–water partition coefficient (Wildman–Crippen LogP) is 0.0568. The molecule has 0 aromatic rings. The highest BCUT2D eigenvalue weighted by atomic mass is 32.2. The van der Waals surface area contributed by atoms with Crippen LogP contribution in [0.1, 0.15) is 19.3 Å². The van der Waals surface area contributed by atoms with Gasteiger partial charge in [0.25, 0.3) is 0 Å². The van der Waals surface area contributed by atoms with E-state index < -0.39 is 9.84 Å². The minimum atomic E-state index is -3.42. The molecule has 2 aliphatic heterocycles. The maximum Gasteiger partial charge on any atom is 0.238 e. The maximum atomic E-state index is 11.6. The number of sulfone groups is 1.